The van der Waals surface area contributed by atoms with Crippen molar-refractivity contribution >= 4 is 21.8 Å². The second kappa shape index (κ2) is 5.82. The molecule has 18 heavy (non-hydrogen) atoms. The standard InChI is InChI=1S/C13H17BrN2O2/c1-9-6-10(14)2-3-12(9)13(17)16-4-5-18-11(7-15)8-16/h2-3,6,11H,4-5,7-8,15H2,1H3. The molecule has 1 heterocycles. The summed E-state index contributed by atoms with van der Waals surface area (Å²) in [6.07, 6.45) is -0.0431. The van der Waals surface area contributed by atoms with E-state index in [0.29, 0.717) is 26.2 Å². The fourth-order valence-electron chi connectivity index (χ4n) is 2.08. The molecule has 2 N–H and O–H groups in total. The molecule has 0 radical (unpaired) electrons. The third-order valence-corrected chi connectivity index (χ3v) is 3.60. The van der Waals surface area contributed by atoms with Crippen molar-refractivity contribution in [3.8, 4) is 0 Å². The number of ether oxygens (including phenoxy) is 1. The van der Waals surface area contributed by atoms with E-state index in [0.717, 1.165) is 15.6 Å². The van der Waals surface area contributed by atoms with E-state index in [9.17, 15) is 4.79 Å². The predicted octanol–water partition coefficient (Wildman–Crippen LogP) is 1.56. The third kappa shape index (κ3) is 2.91. The van der Waals surface area contributed by atoms with Crippen molar-refractivity contribution in [2.24, 2.45) is 5.73 Å². The van der Waals surface area contributed by atoms with Gasteiger partial charge in [-0.05, 0) is 30.7 Å². The van der Waals surface area contributed by atoms with E-state index in [1.165, 1.54) is 0 Å². The highest BCUT2D eigenvalue weighted by atomic mass is 79.9. The van der Waals surface area contributed by atoms with Gasteiger partial charge in [-0.15, -0.1) is 0 Å². The van der Waals surface area contributed by atoms with Gasteiger partial charge in [0.25, 0.3) is 5.91 Å². The zero-order chi connectivity index (χ0) is 13.1. The number of carbonyl (C=O) groups is 1. The summed E-state index contributed by atoms with van der Waals surface area (Å²) < 4.78 is 6.45. The van der Waals surface area contributed by atoms with E-state index in [2.05, 4.69) is 15.9 Å². The zero-order valence-corrected chi connectivity index (χ0v) is 11.9. The quantitative estimate of drug-likeness (QED) is 0.901. The summed E-state index contributed by atoms with van der Waals surface area (Å²) in [5.74, 6) is 0.0572. The van der Waals surface area contributed by atoms with Crippen LogP contribution in [0.2, 0.25) is 0 Å². The molecule has 1 saturated heterocycles. The topological polar surface area (TPSA) is 55.6 Å². The van der Waals surface area contributed by atoms with E-state index in [1.807, 2.05) is 30.0 Å². The molecule has 5 heteroatoms. The number of carbonyl (C=O) groups excluding carboxylic acids is 1. The van der Waals surface area contributed by atoms with Crippen molar-refractivity contribution in [1.29, 1.82) is 0 Å². The largest absolute Gasteiger partial charge is 0.373 e. The van der Waals surface area contributed by atoms with Crippen LogP contribution in [0, 0.1) is 6.92 Å². The van der Waals surface area contributed by atoms with Crippen molar-refractivity contribution in [2.75, 3.05) is 26.2 Å². The number of nitrogens with zero attached hydrogens (tertiary/aromatic N) is 1. The van der Waals surface area contributed by atoms with E-state index in [4.69, 9.17) is 10.5 Å². The summed E-state index contributed by atoms with van der Waals surface area (Å²) in [5, 5.41) is 0. The summed E-state index contributed by atoms with van der Waals surface area (Å²) in [6.45, 7) is 4.15. The number of benzene rings is 1. The van der Waals surface area contributed by atoms with Crippen LogP contribution in [0.4, 0.5) is 0 Å². The number of halogens is 1. The van der Waals surface area contributed by atoms with Crippen LogP contribution < -0.4 is 5.73 Å². The lowest BCUT2D eigenvalue weighted by Gasteiger charge is -2.32. The minimum Gasteiger partial charge on any atom is -0.373 e. The summed E-state index contributed by atoms with van der Waals surface area (Å²) in [7, 11) is 0. The molecular formula is C13H17BrN2O2. The highest BCUT2D eigenvalue weighted by molar-refractivity contribution is 9.10. The van der Waals surface area contributed by atoms with Crippen LogP contribution in [-0.2, 0) is 4.74 Å². The molecule has 0 aromatic heterocycles. The molecule has 1 amide bonds. The van der Waals surface area contributed by atoms with E-state index >= 15 is 0 Å². The van der Waals surface area contributed by atoms with Crippen LogP contribution in [0.15, 0.2) is 22.7 Å². The first-order chi connectivity index (χ1) is 8.61. The molecule has 1 atom stereocenters. The molecule has 1 aliphatic heterocycles. The molecule has 1 aromatic carbocycles. The molecule has 98 valence electrons. The molecule has 0 spiro atoms. The van der Waals surface area contributed by atoms with Gasteiger partial charge < -0.3 is 15.4 Å². The second-order valence-corrected chi connectivity index (χ2v) is 5.35. The van der Waals surface area contributed by atoms with E-state index in [-0.39, 0.29) is 12.0 Å². The summed E-state index contributed by atoms with van der Waals surface area (Å²) in [4.78, 5) is 14.2. The minimum atomic E-state index is -0.0431. The predicted molar refractivity (Wildman–Crippen MR) is 73.6 cm³/mol. The second-order valence-electron chi connectivity index (χ2n) is 4.44. The maximum atomic E-state index is 12.4. The SMILES string of the molecule is Cc1cc(Br)ccc1C(=O)N1CCOC(CN)C1. The summed E-state index contributed by atoms with van der Waals surface area (Å²) in [6, 6.07) is 5.70. The van der Waals surface area contributed by atoms with Crippen LogP contribution in [0.1, 0.15) is 15.9 Å². The van der Waals surface area contributed by atoms with Crippen LogP contribution in [-0.4, -0.2) is 43.2 Å². The highest BCUT2D eigenvalue weighted by Crippen LogP contribution is 2.18. The maximum absolute atomic E-state index is 12.4. The number of hydrogen-bond donors (Lipinski definition) is 1. The summed E-state index contributed by atoms with van der Waals surface area (Å²) >= 11 is 3.40. The van der Waals surface area contributed by atoms with Crippen molar-refractivity contribution in [3.63, 3.8) is 0 Å². The molecule has 1 aromatic rings. The average molecular weight is 313 g/mol. The van der Waals surface area contributed by atoms with Gasteiger partial charge in [-0.1, -0.05) is 15.9 Å². The monoisotopic (exact) mass is 312 g/mol. The summed E-state index contributed by atoms with van der Waals surface area (Å²) in [5.41, 5.74) is 7.31. The number of aryl methyl sites for hydroxylation is 1. The first-order valence-corrected chi connectivity index (χ1v) is 6.78. The lowest BCUT2D eigenvalue weighted by atomic mass is 10.1. The smallest absolute Gasteiger partial charge is 0.254 e. The molecule has 0 bridgehead atoms. The van der Waals surface area contributed by atoms with Gasteiger partial charge >= 0.3 is 0 Å². The Morgan fingerprint density at radius 3 is 3.06 bits per heavy atom. The highest BCUT2D eigenvalue weighted by Gasteiger charge is 2.24. The molecule has 4 nitrogen and oxygen atoms in total. The Morgan fingerprint density at radius 1 is 1.61 bits per heavy atom. The van der Waals surface area contributed by atoms with Gasteiger partial charge in [0.05, 0.1) is 12.7 Å². The fourth-order valence-corrected chi connectivity index (χ4v) is 2.56. The van der Waals surface area contributed by atoms with Crippen LogP contribution in [0.25, 0.3) is 0 Å². The minimum absolute atomic E-state index is 0.0431. The molecule has 0 saturated carbocycles. The van der Waals surface area contributed by atoms with E-state index < -0.39 is 0 Å². The molecule has 1 fully saturated rings. The molecule has 1 unspecified atom stereocenters. The van der Waals surface area contributed by atoms with Crippen molar-refractivity contribution in [2.45, 2.75) is 13.0 Å². The van der Waals surface area contributed by atoms with Crippen molar-refractivity contribution < 1.29 is 9.53 Å². The van der Waals surface area contributed by atoms with Crippen molar-refractivity contribution in [3.05, 3.63) is 33.8 Å². The Balaban J connectivity index is 2.15. The normalized spacial score (nSPS) is 19.9. The van der Waals surface area contributed by atoms with Gasteiger partial charge in [-0.2, -0.15) is 0 Å². The fraction of sp³-hybridized carbons (Fsp3) is 0.462. The van der Waals surface area contributed by atoms with Crippen LogP contribution in [0.3, 0.4) is 0 Å². The third-order valence-electron chi connectivity index (χ3n) is 3.11. The first kappa shape index (κ1) is 13.5. The Bertz CT molecular complexity index is 451. The van der Waals surface area contributed by atoms with Gasteiger partial charge in [-0.3, -0.25) is 4.79 Å². The Hall–Kier alpha value is -0.910. The Kier molecular flexibility index (Phi) is 4.37. The number of rotatable bonds is 2. The Labute approximate surface area is 115 Å². The lowest BCUT2D eigenvalue weighted by molar-refractivity contribution is -0.0167. The number of amides is 1. The molecule has 1 aliphatic rings. The number of morpholine rings is 1. The van der Waals surface area contributed by atoms with E-state index in [1.54, 1.807) is 0 Å². The molecule has 0 aliphatic carbocycles. The zero-order valence-electron chi connectivity index (χ0n) is 10.4. The van der Waals surface area contributed by atoms with Gasteiger partial charge in [0.2, 0.25) is 0 Å². The molecular weight excluding hydrogens is 296 g/mol. The van der Waals surface area contributed by atoms with Crippen LogP contribution in [0.5, 0.6) is 0 Å². The number of nitrogens with two attached hydrogens (primary N) is 1. The van der Waals surface area contributed by atoms with Gasteiger partial charge in [0.15, 0.2) is 0 Å². The van der Waals surface area contributed by atoms with Gasteiger partial charge in [0.1, 0.15) is 0 Å². The maximum Gasteiger partial charge on any atom is 0.254 e. The van der Waals surface area contributed by atoms with Crippen molar-refractivity contribution in [1.82, 2.24) is 4.90 Å². The first-order valence-electron chi connectivity index (χ1n) is 5.99. The van der Waals surface area contributed by atoms with Crippen LogP contribution >= 0.6 is 15.9 Å². The molecule has 2 rings (SSSR count). The number of hydrogen-bond acceptors (Lipinski definition) is 3. The van der Waals surface area contributed by atoms with Gasteiger partial charge in [-0.25, -0.2) is 0 Å². The lowest BCUT2D eigenvalue weighted by Crippen LogP contribution is -2.48. The van der Waals surface area contributed by atoms with Gasteiger partial charge in [0, 0.05) is 29.7 Å². The Morgan fingerprint density at radius 2 is 2.39 bits per heavy atom. The average Bonchev–Trinajstić information content (AvgIpc) is 2.38.